The molecule has 0 radical (unpaired) electrons. The van der Waals surface area contributed by atoms with Crippen LogP contribution < -0.4 is 5.32 Å². The highest BCUT2D eigenvalue weighted by molar-refractivity contribution is 6.61. The van der Waals surface area contributed by atoms with Crippen LogP contribution in [0.25, 0.3) is 0 Å². The van der Waals surface area contributed by atoms with Gasteiger partial charge in [0.1, 0.15) is 6.10 Å². The summed E-state index contributed by atoms with van der Waals surface area (Å²) >= 11 is 0. The molecule has 6 heteroatoms. The number of carbonyl (C=O) groups excluding carboxylic acids is 1. The summed E-state index contributed by atoms with van der Waals surface area (Å²) in [5, 5.41) is 3.09. The van der Waals surface area contributed by atoms with Crippen LogP contribution in [0.2, 0.25) is 6.04 Å². The van der Waals surface area contributed by atoms with Gasteiger partial charge in [0, 0.05) is 19.3 Å². The Labute approximate surface area is 124 Å². The van der Waals surface area contributed by atoms with Gasteiger partial charge in [-0.25, -0.2) is 0 Å². The third-order valence-corrected chi connectivity index (χ3v) is 5.92. The SMILES string of the molecule is C=C(C)C(=O)C(C)O[Si](CCCNC)(OCC)OCC. The second-order valence-electron chi connectivity index (χ2n) is 4.66. The van der Waals surface area contributed by atoms with E-state index in [-0.39, 0.29) is 5.78 Å². The average Bonchev–Trinajstić information content (AvgIpc) is 2.38. The lowest BCUT2D eigenvalue weighted by Crippen LogP contribution is -2.49. The highest BCUT2D eigenvalue weighted by atomic mass is 28.4. The number of carbonyl (C=O) groups is 1. The van der Waals surface area contributed by atoms with Crippen LogP contribution in [-0.2, 0) is 18.1 Å². The minimum Gasteiger partial charge on any atom is -0.374 e. The molecule has 1 N–H and O–H groups in total. The summed E-state index contributed by atoms with van der Waals surface area (Å²) in [6, 6.07) is 0.698. The first kappa shape index (κ1) is 19.5. The third-order valence-electron chi connectivity index (χ3n) is 2.78. The van der Waals surface area contributed by atoms with Crippen molar-refractivity contribution in [2.45, 2.75) is 46.3 Å². The van der Waals surface area contributed by atoms with Gasteiger partial charge in [-0.3, -0.25) is 4.79 Å². The molecule has 0 aromatic heterocycles. The third kappa shape index (κ3) is 6.76. The standard InChI is InChI=1S/C14H29NO4Si/c1-7-17-20(18-8-2,11-9-10-15-6)19-13(5)14(16)12(3)4/h13,15H,3,7-11H2,1-2,4-6H3. The van der Waals surface area contributed by atoms with Gasteiger partial charge in [-0.1, -0.05) is 6.58 Å². The Morgan fingerprint density at radius 2 is 1.85 bits per heavy atom. The van der Waals surface area contributed by atoms with E-state index in [1.54, 1.807) is 13.8 Å². The summed E-state index contributed by atoms with van der Waals surface area (Å²) in [5.41, 5.74) is 0.489. The van der Waals surface area contributed by atoms with Gasteiger partial charge in [0.05, 0.1) is 0 Å². The minimum atomic E-state index is -2.81. The predicted molar refractivity (Wildman–Crippen MR) is 82.7 cm³/mol. The van der Waals surface area contributed by atoms with Crippen LogP contribution >= 0.6 is 0 Å². The highest BCUT2D eigenvalue weighted by Gasteiger charge is 2.42. The fourth-order valence-electron chi connectivity index (χ4n) is 1.90. The van der Waals surface area contributed by atoms with E-state index in [2.05, 4.69) is 11.9 Å². The topological polar surface area (TPSA) is 56.8 Å². The van der Waals surface area contributed by atoms with Crippen LogP contribution in [0, 0.1) is 0 Å². The van der Waals surface area contributed by atoms with Gasteiger partial charge in [0.2, 0.25) is 0 Å². The van der Waals surface area contributed by atoms with Crippen molar-refractivity contribution in [1.82, 2.24) is 5.32 Å². The normalized spacial score (nSPS) is 13.2. The first-order valence-electron chi connectivity index (χ1n) is 7.22. The lowest BCUT2D eigenvalue weighted by molar-refractivity contribution is -0.123. The maximum Gasteiger partial charge on any atom is 0.501 e. The van der Waals surface area contributed by atoms with Gasteiger partial charge in [-0.05, 0) is 53.3 Å². The number of Topliss-reactive ketones (excluding diaryl/α,β-unsaturated/α-hetero) is 1. The van der Waals surface area contributed by atoms with E-state index in [4.69, 9.17) is 13.3 Å². The lowest BCUT2D eigenvalue weighted by Gasteiger charge is -2.31. The summed E-state index contributed by atoms with van der Waals surface area (Å²) in [7, 11) is -0.905. The first-order chi connectivity index (χ1) is 9.42. The maximum atomic E-state index is 11.9. The quantitative estimate of drug-likeness (QED) is 0.340. The Morgan fingerprint density at radius 3 is 2.25 bits per heavy atom. The molecule has 1 atom stereocenters. The molecule has 0 rings (SSSR count). The van der Waals surface area contributed by atoms with Crippen molar-refractivity contribution in [3.63, 3.8) is 0 Å². The second-order valence-corrected chi connectivity index (χ2v) is 7.34. The van der Waals surface area contributed by atoms with Crippen molar-refractivity contribution in [2.75, 3.05) is 26.8 Å². The van der Waals surface area contributed by atoms with Crippen molar-refractivity contribution >= 4 is 14.6 Å². The van der Waals surface area contributed by atoms with Crippen LogP contribution in [0.5, 0.6) is 0 Å². The average molecular weight is 303 g/mol. The number of nitrogens with one attached hydrogen (secondary N) is 1. The molecule has 0 saturated heterocycles. The van der Waals surface area contributed by atoms with Gasteiger partial charge in [0.25, 0.3) is 0 Å². The van der Waals surface area contributed by atoms with Crippen LogP contribution in [0.4, 0.5) is 0 Å². The zero-order valence-corrected chi connectivity index (χ0v) is 14.5. The Balaban J connectivity index is 4.86. The lowest BCUT2D eigenvalue weighted by atomic mass is 10.1. The van der Waals surface area contributed by atoms with Crippen molar-refractivity contribution in [1.29, 1.82) is 0 Å². The Morgan fingerprint density at radius 1 is 1.30 bits per heavy atom. The van der Waals surface area contributed by atoms with E-state index < -0.39 is 14.9 Å². The number of rotatable bonds is 12. The molecule has 0 aliphatic heterocycles. The fraction of sp³-hybridized carbons (Fsp3) is 0.786. The molecule has 5 nitrogen and oxygen atoms in total. The van der Waals surface area contributed by atoms with E-state index in [1.807, 2.05) is 20.9 Å². The van der Waals surface area contributed by atoms with Crippen LogP contribution in [0.1, 0.15) is 34.1 Å². The van der Waals surface area contributed by atoms with Gasteiger partial charge < -0.3 is 18.6 Å². The molecule has 0 bridgehead atoms. The molecule has 0 aliphatic carbocycles. The molecule has 1 unspecified atom stereocenters. The number of hydrogen-bond donors (Lipinski definition) is 1. The van der Waals surface area contributed by atoms with E-state index in [9.17, 15) is 4.79 Å². The molecule has 0 aliphatic rings. The monoisotopic (exact) mass is 303 g/mol. The predicted octanol–water partition coefficient (Wildman–Crippen LogP) is 2.16. The van der Waals surface area contributed by atoms with Crippen molar-refractivity contribution in [3.8, 4) is 0 Å². The molecule has 118 valence electrons. The van der Waals surface area contributed by atoms with Gasteiger partial charge in [-0.2, -0.15) is 0 Å². The summed E-state index contributed by atoms with van der Waals surface area (Å²) in [4.78, 5) is 11.9. The maximum absolute atomic E-state index is 11.9. The van der Waals surface area contributed by atoms with Crippen molar-refractivity contribution < 1.29 is 18.1 Å². The highest BCUT2D eigenvalue weighted by Crippen LogP contribution is 2.21. The number of ketones is 1. The molecule has 0 fully saturated rings. The Hall–Kier alpha value is -0.533. The zero-order valence-electron chi connectivity index (χ0n) is 13.5. The molecule has 0 amide bonds. The van der Waals surface area contributed by atoms with E-state index in [1.165, 1.54) is 0 Å². The molecule has 0 heterocycles. The summed E-state index contributed by atoms with van der Waals surface area (Å²) in [5.74, 6) is -0.102. The Kier molecular flexibility index (Phi) is 9.96. The van der Waals surface area contributed by atoms with Crippen LogP contribution in [0.3, 0.4) is 0 Å². The van der Waals surface area contributed by atoms with Gasteiger partial charge in [-0.15, -0.1) is 0 Å². The molecular weight excluding hydrogens is 274 g/mol. The van der Waals surface area contributed by atoms with E-state index >= 15 is 0 Å². The molecule has 0 aromatic carbocycles. The van der Waals surface area contributed by atoms with Crippen LogP contribution in [0.15, 0.2) is 12.2 Å². The first-order valence-corrected chi connectivity index (χ1v) is 9.15. The van der Waals surface area contributed by atoms with E-state index in [0.717, 1.165) is 13.0 Å². The molecule has 0 spiro atoms. The van der Waals surface area contributed by atoms with Crippen LogP contribution in [-0.4, -0.2) is 47.5 Å². The second kappa shape index (κ2) is 10.2. The summed E-state index contributed by atoms with van der Waals surface area (Å²) in [6.07, 6.45) is 0.309. The smallest absolute Gasteiger partial charge is 0.374 e. The number of hydrogen-bond acceptors (Lipinski definition) is 5. The minimum absolute atomic E-state index is 0.102. The zero-order chi connectivity index (χ0) is 15.6. The Bertz CT molecular complexity index is 304. The van der Waals surface area contributed by atoms with Crippen molar-refractivity contribution in [2.24, 2.45) is 0 Å². The van der Waals surface area contributed by atoms with Gasteiger partial charge in [0.15, 0.2) is 5.78 Å². The molecule has 0 aromatic rings. The summed E-state index contributed by atoms with van der Waals surface area (Å²) < 4.78 is 17.5. The molecule has 0 saturated carbocycles. The largest absolute Gasteiger partial charge is 0.501 e. The molecular formula is C14H29NO4Si. The van der Waals surface area contributed by atoms with Crippen molar-refractivity contribution in [3.05, 3.63) is 12.2 Å². The van der Waals surface area contributed by atoms with Gasteiger partial charge >= 0.3 is 8.80 Å². The summed E-state index contributed by atoms with van der Waals surface area (Å²) in [6.45, 7) is 12.8. The fourth-order valence-corrected chi connectivity index (χ4v) is 4.67. The van der Waals surface area contributed by atoms with E-state index in [0.29, 0.717) is 24.8 Å². The molecule has 20 heavy (non-hydrogen) atoms.